The highest BCUT2D eigenvalue weighted by Gasteiger charge is 2.30. The van der Waals surface area contributed by atoms with Gasteiger partial charge in [0.15, 0.2) is 5.78 Å². The Kier molecular flexibility index (Phi) is 4.34. The zero-order valence-electron chi connectivity index (χ0n) is 11.3. The number of aryl methyl sites for hydroxylation is 1. The number of hydrogen-bond acceptors (Lipinski definition) is 4. The molecule has 1 fully saturated rings. The Labute approximate surface area is 112 Å². The number of ether oxygens (including phenoxy) is 1. The molecule has 0 aromatic carbocycles. The highest BCUT2D eigenvalue weighted by Crippen LogP contribution is 2.10. The maximum Gasteiger partial charge on any atom is 0.239 e. The SMILES string of the molecule is CNC(=O)C1COCCN1CC(=O)c1ccn(C)c1. The van der Waals surface area contributed by atoms with Gasteiger partial charge in [-0.3, -0.25) is 14.5 Å². The molecule has 1 amide bonds. The second kappa shape index (κ2) is 5.99. The van der Waals surface area contributed by atoms with E-state index in [-0.39, 0.29) is 24.3 Å². The molecular formula is C13H19N3O3. The van der Waals surface area contributed by atoms with Crippen LogP contribution in [0, 0.1) is 0 Å². The number of ketones is 1. The van der Waals surface area contributed by atoms with Crippen molar-refractivity contribution in [3.63, 3.8) is 0 Å². The summed E-state index contributed by atoms with van der Waals surface area (Å²) in [7, 11) is 3.47. The summed E-state index contributed by atoms with van der Waals surface area (Å²) in [5.74, 6) is -0.0861. The van der Waals surface area contributed by atoms with Crippen molar-refractivity contribution in [2.75, 3.05) is 33.4 Å². The predicted octanol–water partition coefficient (Wildman–Crippen LogP) is -0.345. The number of hydrogen-bond donors (Lipinski definition) is 1. The van der Waals surface area contributed by atoms with Crippen molar-refractivity contribution in [2.24, 2.45) is 7.05 Å². The number of carbonyl (C=O) groups excluding carboxylic acids is 2. The molecule has 1 unspecified atom stereocenters. The average molecular weight is 265 g/mol. The van der Waals surface area contributed by atoms with Gasteiger partial charge in [0.2, 0.25) is 5.91 Å². The molecule has 2 heterocycles. The van der Waals surface area contributed by atoms with Gasteiger partial charge in [-0.15, -0.1) is 0 Å². The van der Waals surface area contributed by atoms with Crippen LogP contribution in [0.3, 0.4) is 0 Å². The van der Waals surface area contributed by atoms with E-state index >= 15 is 0 Å². The summed E-state index contributed by atoms with van der Waals surface area (Å²) < 4.78 is 7.14. The van der Waals surface area contributed by atoms with Gasteiger partial charge in [-0.25, -0.2) is 0 Å². The van der Waals surface area contributed by atoms with Gasteiger partial charge in [-0.2, -0.15) is 0 Å². The number of rotatable bonds is 4. The Balaban J connectivity index is 2.03. The molecule has 2 rings (SSSR count). The minimum Gasteiger partial charge on any atom is -0.378 e. The van der Waals surface area contributed by atoms with Gasteiger partial charge in [0, 0.05) is 38.6 Å². The minimum atomic E-state index is -0.383. The van der Waals surface area contributed by atoms with Crippen molar-refractivity contribution >= 4 is 11.7 Å². The van der Waals surface area contributed by atoms with Gasteiger partial charge in [0.05, 0.1) is 19.8 Å². The molecule has 104 valence electrons. The summed E-state index contributed by atoms with van der Waals surface area (Å²) in [6, 6.07) is 1.41. The number of amides is 1. The zero-order valence-corrected chi connectivity index (χ0v) is 11.3. The maximum atomic E-state index is 12.2. The highest BCUT2D eigenvalue weighted by atomic mass is 16.5. The van der Waals surface area contributed by atoms with E-state index in [0.717, 1.165) is 0 Å². The molecule has 19 heavy (non-hydrogen) atoms. The van der Waals surface area contributed by atoms with Crippen LogP contribution in [0.15, 0.2) is 18.5 Å². The topological polar surface area (TPSA) is 63.6 Å². The molecule has 0 saturated carbocycles. The van der Waals surface area contributed by atoms with Crippen molar-refractivity contribution in [1.82, 2.24) is 14.8 Å². The molecule has 1 saturated heterocycles. The summed E-state index contributed by atoms with van der Waals surface area (Å²) in [5, 5.41) is 2.61. The van der Waals surface area contributed by atoms with E-state index in [1.807, 2.05) is 22.7 Å². The smallest absolute Gasteiger partial charge is 0.239 e. The van der Waals surface area contributed by atoms with Crippen LogP contribution in [0.2, 0.25) is 0 Å². The molecule has 1 aromatic heterocycles. The lowest BCUT2D eigenvalue weighted by Crippen LogP contribution is -2.54. The molecule has 0 spiro atoms. The summed E-state index contributed by atoms with van der Waals surface area (Å²) in [6.45, 7) is 1.72. The summed E-state index contributed by atoms with van der Waals surface area (Å²) in [5.41, 5.74) is 0.671. The van der Waals surface area contributed by atoms with E-state index in [1.165, 1.54) is 0 Å². The lowest BCUT2D eigenvalue weighted by atomic mass is 10.1. The number of carbonyl (C=O) groups is 2. The summed E-state index contributed by atoms with van der Waals surface area (Å²) in [6.07, 6.45) is 3.63. The molecule has 0 aliphatic carbocycles. The first-order chi connectivity index (χ1) is 9.11. The summed E-state index contributed by atoms with van der Waals surface area (Å²) in [4.78, 5) is 25.8. The van der Waals surface area contributed by atoms with Gasteiger partial charge in [0.1, 0.15) is 6.04 Å². The Hall–Kier alpha value is -1.66. The molecule has 1 N–H and O–H groups in total. The lowest BCUT2D eigenvalue weighted by molar-refractivity contribution is -0.131. The monoisotopic (exact) mass is 265 g/mol. The first kappa shape index (κ1) is 13.8. The van der Waals surface area contributed by atoms with Gasteiger partial charge in [0.25, 0.3) is 0 Å². The molecule has 6 nitrogen and oxygen atoms in total. The van der Waals surface area contributed by atoms with Crippen LogP contribution in [0.1, 0.15) is 10.4 Å². The van der Waals surface area contributed by atoms with E-state index < -0.39 is 0 Å². The zero-order chi connectivity index (χ0) is 13.8. The predicted molar refractivity (Wildman–Crippen MR) is 70.0 cm³/mol. The van der Waals surface area contributed by atoms with Crippen molar-refractivity contribution in [3.05, 3.63) is 24.0 Å². The number of morpholine rings is 1. The second-order valence-electron chi connectivity index (χ2n) is 4.66. The van der Waals surface area contributed by atoms with Crippen LogP contribution in [0.4, 0.5) is 0 Å². The van der Waals surface area contributed by atoms with Crippen molar-refractivity contribution in [2.45, 2.75) is 6.04 Å². The molecule has 1 aliphatic heterocycles. The van der Waals surface area contributed by atoms with Gasteiger partial charge < -0.3 is 14.6 Å². The number of nitrogens with one attached hydrogen (secondary N) is 1. The summed E-state index contributed by atoms with van der Waals surface area (Å²) >= 11 is 0. The standard InChI is InChI=1S/C13H19N3O3/c1-14-13(18)11-9-19-6-5-16(11)8-12(17)10-3-4-15(2)7-10/h3-4,7,11H,5-6,8-9H2,1-2H3,(H,14,18). The van der Waals surface area contributed by atoms with Crippen LogP contribution in [0.25, 0.3) is 0 Å². The Bertz CT molecular complexity index is 469. The average Bonchev–Trinajstić information content (AvgIpc) is 2.85. The van der Waals surface area contributed by atoms with Crippen LogP contribution in [-0.4, -0.2) is 60.6 Å². The van der Waals surface area contributed by atoms with Crippen LogP contribution in [-0.2, 0) is 16.6 Å². The van der Waals surface area contributed by atoms with Crippen molar-refractivity contribution in [3.8, 4) is 0 Å². The largest absolute Gasteiger partial charge is 0.378 e. The normalized spacial score (nSPS) is 20.2. The van der Waals surface area contributed by atoms with Gasteiger partial charge in [-0.05, 0) is 6.07 Å². The van der Waals surface area contributed by atoms with E-state index in [2.05, 4.69) is 5.32 Å². The first-order valence-electron chi connectivity index (χ1n) is 6.30. The Morgan fingerprint density at radius 2 is 2.32 bits per heavy atom. The molecule has 1 aromatic rings. The molecule has 6 heteroatoms. The second-order valence-corrected chi connectivity index (χ2v) is 4.66. The van der Waals surface area contributed by atoms with Crippen LogP contribution >= 0.6 is 0 Å². The van der Waals surface area contributed by atoms with E-state index in [0.29, 0.717) is 25.3 Å². The van der Waals surface area contributed by atoms with Gasteiger partial charge in [-0.1, -0.05) is 0 Å². The fraction of sp³-hybridized carbons (Fsp3) is 0.538. The third-order valence-electron chi connectivity index (χ3n) is 3.29. The third kappa shape index (κ3) is 3.21. The van der Waals surface area contributed by atoms with E-state index in [4.69, 9.17) is 4.74 Å². The molecule has 0 radical (unpaired) electrons. The van der Waals surface area contributed by atoms with Crippen molar-refractivity contribution < 1.29 is 14.3 Å². The fourth-order valence-corrected chi connectivity index (χ4v) is 2.18. The van der Waals surface area contributed by atoms with Crippen LogP contribution in [0.5, 0.6) is 0 Å². The number of aromatic nitrogens is 1. The van der Waals surface area contributed by atoms with E-state index in [1.54, 1.807) is 19.3 Å². The molecule has 1 aliphatic rings. The Morgan fingerprint density at radius 1 is 1.53 bits per heavy atom. The fourth-order valence-electron chi connectivity index (χ4n) is 2.18. The molecular weight excluding hydrogens is 246 g/mol. The minimum absolute atomic E-state index is 0.0244. The number of likely N-dealkylation sites (N-methyl/N-ethyl adjacent to an activating group) is 1. The van der Waals surface area contributed by atoms with E-state index in [9.17, 15) is 9.59 Å². The quantitative estimate of drug-likeness (QED) is 0.756. The molecule has 0 bridgehead atoms. The van der Waals surface area contributed by atoms with Crippen LogP contribution < -0.4 is 5.32 Å². The van der Waals surface area contributed by atoms with Crippen molar-refractivity contribution in [1.29, 1.82) is 0 Å². The Morgan fingerprint density at radius 3 is 2.95 bits per heavy atom. The van der Waals surface area contributed by atoms with Gasteiger partial charge >= 0.3 is 0 Å². The number of nitrogens with zero attached hydrogens (tertiary/aromatic N) is 2. The maximum absolute atomic E-state index is 12.2. The third-order valence-corrected chi connectivity index (χ3v) is 3.29. The highest BCUT2D eigenvalue weighted by molar-refractivity contribution is 5.97. The lowest BCUT2D eigenvalue weighted by Gasteiger charge is -2.33. The molecule has 1 atom stereocenters. The number of Topliss-reactive ketones (excluding diaryl/α,β-unsaturated/α-hetero) is 1. The first-order valence-corrected chi connectivity index (χ1v) is 6.30.